The highest BCUT2D eigenvalue weighted by Crippen LogP contribution is 2.16. The molecule has 1 unspecified atom stereocenters. The topological polar surface area (TPSA) is 42.6 Å². The molecule has 0 aliphatic carbocycles. The van der Waals surface area contributed by atoms with E-state index in [1.54, 1.807) is 6.26 Å². The van der Waals surface area contributed by atoms with Crippen molar-refractivity contribution in [3.05, 3.63) is 23.7 Å². The molecule has 0 fully saturated rings. The van der Waals surface area contributed by atoms with E-state index in [0.717, 1.165) is 11.3 Å². The predicted octanol–water partition coefficient (Wildman–Crippen LogP) is 2.05. The van der Waals surface area contributed by atoms with Crippen molar-refractivity contribution in [1.82, 2.24) is 0 Å². The van der Waals surface area contributed by atoms with Crippen LogP contribution in [0.15, 0.2) is 16.7 Å². The minimum atomic E-state index is -0.583. The molecule has 74 valence electrons. The summed E-state index contributed by atoms with van der Waals surface area (Å²) < 4.78 is 10.4. The molecule has 0 aromatic carbocycles. The van der Waals surface area contributed by atoms with Crippen LogP contribution in [-0.2, 0) is 4.74 Å². The summed E-state index contributed by atoms with van der Waals surface area (Å²) in [6.07, 6.45) is 1.12. The van der Waals surface area contributed by atoms with Crippen LogP contribution in [-0.4, -0.2) is 17.8 Å². The third-order valence-corrected chi connectivity index (χ3v) is 1.72. The van der Waals surface area contributed by atoms with Gasteiger partial charge >= 0.3 is 0 Å². The number of aliphatic hydroxyl groups is 1. The largest absolute Gasteiger partial charge is 0.469 e. The highest BCUT2D eigenvalue weighted by molar-refractivity contribution is 5.14. The van der Waals surface area contributed by atoms with Crippen molar-refractivity contribution in [2.24, 2.45) is 0 Å². The minimum absolute atomic E-state index is 0.141. The van der Waals surface area contributed by atoms with Crippen molar-refractivity contribution in [3.8, 4) is 0 Å². The SMILES string of the molecule is Cc1cc(C(O)COC(C)C)co1. The highest BCUT2D eigenvalue weighted by atomic mass is 16.5. The number of furan rings is 1. The van der Waals surface area contributed by atoms with Gasteiger partial charge in [-0.15, -0.1) is 0 Å². The van der Waals surface area contributed by atoms with Gasteiger partial charge in [0, 0.05) is 5.56 Å². The first kappa shape index (κ1) is 10.3. The molecule has 0 saturated carbocycles. The number of hydrogen-bond donors (Lipinski definition) is 1. The first-order valence-electron chi connectivity index (χ1n) is 4.44. The predicted molar refractivity (Wildman–Crippen MR) is 49.5 cm³/mol. The molecular formula is C10H16O3. The maximum absolute atomic E-state index is 9.60. The van der Waals surface area contributed by atoms with Gasteiger partial charge in [-0.05, 0) is 26.8 Å². The Balaban J connectivity index is 2.44. The first-order chi connectivity index (χ1) is 6.09. The van der Waals surface area contributed by atoms with Gasteiger partial charge < -0.3 is 14.3 Å². The Hall–Kier alpha value is -0.800. The molecule has 0 bridgehead atoms. The zero-order valence-corrected chi connectivity index (χ0v) is 8.28. The summed E-state index contributed by atoms with van der Waals surface area (Å²) in [4.78, 5) is 0. The lowest BCUT2D eigenvalue weighted by atomic mass is 10.2. The molecule has 1 rings (SSSR count). The van der Waals surface area contributed by atoms with E-state index >= 15 is 0 Å². The number of hydrogen-bond acceptors (Lipinski definition) is 3. The van der Waals surface area contributed by atoms with E-state index in [-0.39, 0.29) is 6.10 Å². The fourth-order valence-corrected chi connectivity index (χ4v) is 1.02. The van der Waals surface area contributed by atoms with Crippen molar-refractivity contribution < 1.29 is 14.3 Å². The summed E-state index contributed by atoms with van der Waals surface area (Å²) in [7, 11) is 0. The van der Waals surface area contributed by atoms with Gasteiger partial charge in [0.1, 0.15) is 11.9 Å². The van der Waals surface area contributed by atoms with Crippen LogP contribution in [0, 0.1) is 6.92 Å². The van der Waals surface area contributed by atoms with Crippen LogP contribution < -0.4 is 0 Å². The summed E-state index contributed by atoms with van der Waals surface area (Å²) in [5, 5.41) is 9.60. The van der Waals surface area contributed by atoms with Crippen molar-refractivity contribution in [2.75, 3.05) is 6.61 Å². The van der Waals surface area contributed by atoms with Gasteiger partial charge in [0.05, 0.1) is 19.0 Å². The van der Waals surface area contributed by atoms with Crippen LogP contribution in [0.3, 0.4) is 0 Å². The summed E-state index contributed by atoms with van der Waals surface area (Å²) in [6, 6.07) is 1.81. The van der Waals surface area contributed by atoms with Gasteiger partial charge in [-0.2, -0.15) is 0 Å². The van der Waals surface area contributed by atoms with Gasteiger partial charge in [-0.3, -0.25) is 0 Å². The van der Waals surface area contributed by atoms with Crippen molar-refractivity contribution >= 4 is 0 Å². The lowest BCUT2D eigenvalue weighted by Crippen LogP contribution is -2.11. The van der Waals surface area contributed by atoms with Crippen LogP contribution in [0.25, 0.3) is 0 Å². The van der Waals surface area contributed by atoms with E-state index in [0.29, 0.717) is 6.61 Å². The van der Waals surface area contributed by atoms with Crippen LogP contribution in [0.5, 0.6) is 0 Å². The lowest BCUT2D eigenvalue weighted by Gasteiger charge is -2.11. The lowest BCUT2D eigenvalue weighted by molar-refractivity contribution is 0.00472. The van der Waals surface area contributed by atoms with E-state index in [4.69, 9.17) is 9.15 Å². The molecule has 0 saturated heterocycles. The number of rotatable bonds is 4. The first-order valence-corrected chi connectivity index (χ1v) is 4.44. The molecule has 1 aromatic heterocycles. The molecule has 3 nitrogen and oxygen atoms in total. The Kier molecular flexibility index (Phi) is 3.51. The van der Waals surface area contributed by atoms with E-state index in [9.17, 15) is 5.11 Å². The monoisotopic (exact) mass is 184 g/mol. The second-order valence-corrected chi connectivity index (χ2v) is 3.39. The summed E-state index contributed by atoms with van der Waals surface area (Å²) >= 11 is 0. The molecule has 3 heteroatoms. The zero-order chi connectivity index (χ0) is 9.84. The summed E-state index contributed by atoms with van der Waals surface area (Å²) in [6.45, 7) is 6.04. The van der Waals surface area contributed by atoms with Gasteiger partial charge in [0.15, 0.2) is 0 Å². The Labute approximate surface area is 78.3 Å². The van der Waals surface area contributed by atoms with E-state index in [1.807, 2.05) is 26.8 Å². The molecule has 0 radical (unpaired) electrons. The second kappa shape index (κ2) is 4.44. The minimum Gasteiger partial charge on any atom is -0.469 e. The molecule has 1 aromatic rings. The van der Waals surface area contributed by atoms with E-state index in [2.05, 4.69) is 0 Å². The Bertz CT molecular complexity index is 252. The van der Waals surface area contributed by atoms with Gasteiger partial charge in [-0.25, -0.2) is 0 Å². The van der Waals surface area contributed by atoms with Crippen molar-refractivity contribution in [3.63, 3.8) is 0 Å². The quantitative estimate of drug-likeness (QED) is 0.778. The number of ether oxygens (including phenoxy) is 1. The third-order valence-electron chi connectivity index (χ3n) is 1.72. The van der Waals surface area contributed by atoms with Gasteiger partial charge in [0.25, 0.3) is 0 Å². The summed E-state index contributed by atoms with van der Waals surface area (Å²) in [5.41, 5.74) is 0.776. The average molecular weight is 184 g/mol. The maximum Gasteiger partial charge on any atom is 0.105 e. The Morgan fingerprint density at radius 1 is 1.54 bits per heavy atom. The molecule has 0 spiro atoms. The van der Waals surface area contributed by atoms with Crippen LogP contribution >= 0.6 is 0 Å². The fourth-order valence-electron chi connectivity index (χ4n) is 1.02. The third kappa shape index (κ3) is 3.20. The van der Waals surface area contributed by atoms with Crippen LogP contribution in [0.4, 0.5) is 0 Å². The molecule has 0 aliphatic heterocycles. The maximum atomic E-state index is 9.60. The normalized spacial score (nSPS) is 13.6. The molecule has 1 heterocycles. The molecule has 0 aliphatic rings. The molecule has 0 amide bonds. The fraction of sp³-hybridized carbons (Fsp3) is 0.600. The van der Waals surface area contributed by atoms with Crippen molar-refractivity contribution in [2.45, 2.75) is 33.0 Å². The Morgan fingerprint density at radius 2 is 2.23 bits per heavy atom. The molecule has 1 atom stereocenters. The Morgan fingerprint density at radius 3 is 2.69 bits per heavy atom. The zero-order valence-electron chi connectivity index (χ0n) is 8.28. The second-order valence-electron chi connectivity index (χ2n) is 3.39. The van der Waals surface area contributed by atoms with Crippen LogP contribution in [0.1, 0.15) is 31.3 Å². The van der Waals surface area contributed by atoms with Gasteiger partial charge in [0.2, 0.25) is 0 Å². The number of aliphatic hydroxyl groups excluding tert-OH is 1. The smallest absolute Gasteiger partial charge is 0.105 e. The van der Waals surface area contributed by atoms with Gasteiger partial charge in [-0.1, -0.05) is 0 Å². The molecular weight excluding hydrogens is 168 g/mol. The highest BCUT2D eigenvalue weighted by Gasteiger charge is 2.10. The average Bonchev–Trinajstić information content (AvgIpc) is 2.47. The standard InChI is InChI=1S/C10H16O3/c1-7(2)12-6-10(11)9-4-8(3)13-5-9/h4-5,7,10-11H,6H2,1-3H3. The van der Waals surface area contributed by atoms with E-state index in [1.165, 1.54) is 0 Å². The van der Waals surface area contributed by atoms with E-state index < -0.39 is 6.10 Å². The van der Waals surface area contributed by atoms with Crippen LogP contribution in [0.2, 0.25) is 0 Å². The molecule has 13 heavy (non-hydrogen) atoms. The molecule has 1 N–H and O–H groups in total. The van der Waals surface area contributed by atoms with Crippen molar-refractivity contribution in [1.29, 1.82) is 0 Å². The number of aryl methyl sites for hydroxylation is 1. The summed E-state index contributed by atoms with van der Waals surface area (Å²) in [5.74, 6) is 0.804.